The average Bonchev–Trinajstić information content (AvgIpc) is 2.34. The molecule has 0 bridgehead atoms. The van der Waals surface area contributed by atoms with Gasteiger partial charge in [0.2, 0.25) is 5.88 Å². The van der Waals surface area contributed by atoms with Gasteiger partial charge in [0.1, 0.15) is 5.82 Å². The average molecular weight is 295 g/mol. The van der Waals surface area contributed by atoms with Crippen molar-refractivity contribution in [1.29, 1.82) is 0 Å². The van der Waals surface area contributed by atoms with Crippen LogP contribution in [0.1, 0.15) is 20.3 Å². The van der Waals surface area contributed by atoms with Gasteiger partial charge in [-0.05, 0) is 19.6 Å². The summed E-state index contributed by atoms with van der Waals surface area (Å²) in [5.41, 5.74) is 0. The molecule has 1 aromatic heterocycles. The topological polar surface area (TPSA) is 47.0 Å². The van der Waals surface area contributed by atoms with Crippen LogP contribution in [0.4, 0.5) is 19.0 Å². The van der Waals surface area contributed by atoms with Gasteiger partial charge in [-0.2, -0.15) is 18.2 Å². The fourth-order valence-corrected chi connectivity index (χ4v) is 1.52. The highest BCUT2D eigenvalue weighted by Gasteiger charge is 2.38. The van der Waals surface area contributed by atoms with Crippen molar-refractivity contribution in [3.8, 4) is 5.88 Å². The van der Waals surface area contributed by atoms with Gasteiger partial charge in [0.25, 0.3) is 0 Å². The highest BCUT2D eigenvalue weighted by Crippen LogP contribution is 2.26. The Morgan fingerprint density at radius 3 is 2.63 bits per heavy atom. The van der Waals surface area contributed by atoms with Gasteiger partial charge in [-0.15, -0.1) is 0 Å². The molecule has 1 aromatic rings. The van der Waals surface area contributed by atoms with E-state index in [0.717, 1.165) is 13.3 Å². The predicted octanol–water partition coefficient (Wildman–Crippen LogP) is 3.35. The van der Waals surface area contributed by atoms with Crippen molar-refractivity contribution in [2.45, 2.75) is 37.7 Å². The van der Waals surface area contributed by atoms with E-state index in [-0.39, 0.29) is 5.88 Å². The van der Waals surface area contributed by atoms with Crippen molar-refractivity contribution in [3.05, 3.63) is 6.07 Å². The quantitative estimate of drug-likeness (QED) is 0.644. The summed E-state index contributed by atoms with van der Waals surface area (Å²) < 4.78 is 42.1. The van der Waals surface area contributed by atoms with Crippen LogP contribution in [0.15, 0.2) is 11.2 Å². The number of halogens is 3. The zero-order valence-corrected chi connectivity index (χ0v) is 11.7. The fourth-order valence-electron chi connectivity index (χ4n) is 1.15. The first-order valence-corrected chi connectivity index (χ1v) is 6.99. The summed E-state index contributed by atoms with van der Waals surface area (Å²) in [6.07, 6.45) is -3.69. The smallest absolute Gasteiger partial charge is 0.425 e. The van der Waals surface area contributed by atoms with Gasteiger partial charge in [-0.25, -0.2) is 4.98 Å². The van der Waals surface area contributed by atoms with Crippen LogP contribution < -0.4 is 10.1 Å². The molecule has 1 heterocycles. The molecule has 19 heavy (non-hydrogen) atoms. The molecule has 1 unspecified atom stereocenters. The van der Waals surface area contributed by atoms with Gasteiger partial charge in [-0.3, -0.25) is 0 Å². The Kier molecular flexibility index (Phi) is 5.71. The van der Waals surface area contributed by atoms with E-state index in [2.05, 4.69) is 15.3 Å². The summed E-state index contributed by atoms with van der Waals surface area (Å²) in [6.45, 7) is 3.60. The van der Waals surface area contributed by atoms with Crippen LogP contribution in [-0.2, 0) is 0 Å². The molecule has 108 valence electrons. The van der Waals surface area contributed by atoms with Crippen LogP contribution in [-0.4, -0.2) is 35.0 Å². The molecule has 8 heteroatoms. The Morgan fingerprint density at radius 1 is 1.42 bits per heavy atom. The lowest BCUT2D eigenvalue weighted by molar-refractivity contribution is -0.190. The van der Waals surface area contributed by atoms with Crippen LogP contribution in [0.25, 0.3) is 0 Å². The van der Waals surface area contributed by atoms with E-state index in [4.69, 9.17) is 4.74 Å². The van der Waals surface area contributed by atoms with E-state index in [1.165, 1.54) is 17.8 Å². The summed E-state index contributed by atoms with van der Waals surface area (Å²) >= 11 is 1.24. The molecule has 1 N–H and O–H groups in total. The molecule has 0 aliphatic rings. The van der Waals surface area contributed by atoms with E-state index < -0.39 is 12.3 Å². The highest BCUT2D eigenvalue weighted by molar-refractivity contribution is 7.98. The van der Waals surface area contributed by atoms with Crippen molar-refractivity contribution in [2.75, 3.05) is 18.1 Å². The number of anilines is 1. The monoisotopic (exact) mass is 295 g/mol. The normalized spacial score (nSPS) is 13.2. The molecule has 0 aliphatic carbocycles. The third-order valence-electron chi connectivity index (χ3n) is 2.18. The van der Waals surface area contributed by atoms with Gasteiger partial charge in [0, 0.05) is 12.6 Å². The van der Waals surface area contributed by atoms with Gasteiger partial charge >= 0.3 is 6.18 Å². The number of aromatic nitrogens is 2. The summed E-state index contributed by atoms with van der Waals surface area (Å²) in [4.78, 5) is 8.04. The highest BCUT2D eigenvalue weighted by atomic mass is 32.2. The summed E-state index contributed by atoms with van der Waals surface area (Å²) in [6, 6.07) is 1.37. The Hall–Kier alpha value is -1.18. The maximum Gasteiger partial charge on any atom is 0.425 e. The number of hydrogen-bond acceptors (Lipinski definition) is 5. The van der Waals surface area contributed by atoms with Crippen LogP contribution in [0.3, 0.4) is 0 Å². The standard InChI is InChI=1S/C11H16F3N3OS/c1-4-5-15-8-6-9(17-10(16-8)19-3)18-7(2)11(12,13)14/h6-7H,4-5H2,1-3H3,(H,15,16,17). The Bertz CT molecular complexity index is 415. The molecule has 1 rings (SSSR count). The minimum absolute atomic E-state index is 0.0808. The van der Waals surface area contributed by atoms with Crippen molar-refractivity contribution in [1.82, 2.24) is 9.97 Å². The first-order chi connectivity index (χ1) is 8.86. The molecule has 0 fully saturated rings. The second-order valence-corrected chi connectivity index (χ2v) is 4.58. The molecular formula is C11H16F3N3OS. The SMILES string of the molecule is CCCNc1cc(OC(C)C(F)(F)F)nc(SC)n1. The van der Waals surface area contributed by atoms with Crippen molar-refractivity contribution in [3.63, 3.8) is 0 Å². The van der Waals surface area contributed by atoms with Gasteiger partial charge in [0.15, 0.2) is 11.3 Å². The van der Waals surface area contributed by atoms with Gasteiger partial charge in [-0.1, -0.05) is 18.7 Å². The lowest BCUT2D eigenvalue weighted by Crippen LogP contribution is -2.31. The maximum absolute atomic E-state index is 12.4. The zero-order valence-electron chi connectivity index (χ0n) is 10.9. The molecule has 0 spiro atoms. The minimum atomic E-state index is -4.42. The molecule has 0 saturated heterocycles. The molecule has 0 aromatic carbocycles. The van der Waals surface area contributed by atoms with E-state index in [9.17, 15) is 13.2 Å². The minimum Gasteiger partial charge on any atom is -0.465 e. The lowest BCUT2D eigenvalue weighted by atomic mass is 10.4. The van der Waals surface area contributed by atoms with E-state index in [1.54, 1.807) is 6.26 Å². The zero-order chi connectivity index (χ0) is 14.5. The molecule has 4 nitrogen and oxygen atoms in total. The summed E-state index contributed by atoms with van der Waals surface area (Å²) in [5, 5.41) is 3.36. The molecule has 0 saturated carbocycles. The van der Waals surface area contributed by atoms with Crippen molar-refractivity contribution in [2.24, 2.45) is 0 Å². The number of nitrogens with one attached hydrogen (secondary N) is 1. The molecule has 0 aliphatic heterocycles. The van der Waals surface area contributed by atoms with Crippen molar-refractivity contribution < 1.29 is 17.9 Å². The Morgan fingerprint density at radius 2 is 2.11 bits per heavy atom. The second kappa shape index (κ2) is 6.83. The number of ether oxygens (including phenoxy) is 1. The van der Waals surface area contributed by atoms with Crippen LogP contribution in [0.5, 0.6) is 5.88 Å². The van der Waals surface area contributed by atoms with Gasteiger partial charge in [0.05, 0.1) is 0 Å². The predicted molar refractivity (Wildman–Crippen MR) is 68.7 cm³/mol. The summed E-state index contributed by atoms with van der Waals surface area (Å²) in [7, 11) is 0. The Balaban J connectivity index is 2.87. The van der Waals surface area contributed by atoms with E-state index in [1.807, 2.05) is 6.92 Å². The maximum atomic E-state index is 12.4. The number of nitrogens with zero attached hydrogens (tertiary/aromatic N) is 2. The molecule has 0 radical (unpaired) electrons. The van der Waals surface area contributed by atoms with Gasteiger partial charge < -0.3 is 10.1 Å². The molecule has 1 atom stereocenters. The largest absolute Gasteiger partial charge is 0.465 e. The number of thioether (sulfide) groups is 1. The second-order valence-electron chi connectivity index (χ2n) is 3.81. The first-order valence-electron chi connectivity index (χ1n) is 5.77. The molecular weight excluding hydrogens is 279 g/mol. The molecule has 0 amide bonds. The fraction of sp³-hybridized carbons (Fsp3) is 0.636. The number of alkyl halides is 3. The first kappa shape index (κ1) is 15.9. The van der Waals surface area contributed by atoms with Crippen LogP contribution in [0, 0.1) is 0 Å². The van der Waals surface area contributed by atoms with Crippen LogP contribution in [0.2, 0.25) is 0 Å². The number of rotatable bonds is 6. The third kappa shape index (κ3) is 5.14. The van der Waals surface area contributed by atoms with E-state index in [0.29, 0.717) is 17.5 Å². The number of hydrogen-bond donors (Lipinski definition) is 1. The van der Waals surface area contributed by atoms with Crippen LogP contribution >= 0.6 is 11.8 Å². The third-order valence-corrected chi connectivity index (χ3v) is 2.73. The van der Waals surface area contributed by atoms with Crippen molar-refractivity contribution >= 4 is 17.6 Å². The van der Waals surface area contributed by atoms with E-state index >= 15 is 0 Å². The summed E-state index contributed by atoms with van der Waals surface area (Å²) in [5.74, 6) is 0.383. The lowest BCUT2D eigenvalue weighted by Gasteiger charge is -2.17. The Labute approximate surface area is 114 Å².